The van der Waals surface area contributed by atoms with Gasteiger partial charge in [-0.15, -0.1) is 0 Å². The van der Waals surface area contributed by atoms with Gasteiger partial charge in [0.2, 0.25) is 11.7 Å². The van der Waals surface area contributed by atoms with Crippen molar-refractivity contribution in [3.8, 4) is 17.2 Å². The number of hydrogen-bond donors (Lipinski definition) is 1. The minimum absolute atomic E-state index is 0.308. The first-order valence-corrected chi connectivity index (χ1v) is 8.02. The second kappa shape index (κ2) is 6.95. The molecule has 3 rings (SSSR count). The van der Waals surface area contributed by atoms with Crippen LogP contribution in [0.5, 0.6) is 17.2 Å². The van der Waals surface area contributed by atoms with E-state index in [-0.39, 0.29) is 5.91 Å². The van der Waals surface area contributed by atoms with Gasteiger partial charge in [-0.1, -0.05) is 18.2 Å². The summed E-state index contributed by atoms with van der Waals surface area (Å²) in [5.74, 6) is 0.191. The van der Waals surface area contributed by atoms with E-state index in [1.807, 2.05) is 18.2 Å². The van der Waals surface area contributed by atoms with E-state index in [2.05, 4.69) is 0 Å². The van der Waals surface area contributed by atoms with E-state index in [0.717, 1.165) is 5.56 Å². The van der Waals surface area contributed by atoms with Crippen molar-refractivity contribution < 1.29 is 23.8 Å². The Morgan fingerprint density at radius 1 is 1.04 bits per heavy atom. The molecule has 1 aliphatic heterocycles. The Kier molecular flexibility index (Phi) is 4.71. The number of rotatable bonds is 5. The maximum Gasteiger partial charge on any atom is 0.259 e. The molecular weight excluding hydrogens is 336 g/mol. The third kappa shape index (κ3) is 2.81. The zero-order valence-electron chi connectivity index (χ0n) is 14.8. The summed E-state index contributed by atoms with van der Waals surface area (Å²) in [6.45, 7) is 0. The van der Waals surface area contributed by atoms with Crippen molar-refractivity contribution in [1.29, 1.82) is 0 Å². The summed E-state index contributed by atoms with van der Waals surface area (Å²) >= 11 is 0. The van der Waals surface area contributed by atoms with Gasteiger partial charge in [-0.2, -0.15) is 0 Å². The molecular formula is C19H20N2O5. The van der Waals surface area contributed by atoms with Crippen LogP contribution in [0.3, 0.4) is 0 Å². The molecule has 2 N–H and O–H groups in total. The maximum atomic E-state index is 13.2. The smallest absolute Gasteiger partial charge is 0.259 e. The van der Waals surface area contributed by atoms with Crippen molar-refractivity contribution in [2.75, 3.05) is 26.2 Å². The molecule has 7 heteroatoms. The summed E-state index contributed by atoms with van der Waals surface area (Å²) in [5, 5.41) is 0. The SMILES string of the molecule is COc1cc(C(=O)N2c3ccccc3CC2C(N)=O)cc(OC)c1OC. The highest BCUT2D eigenvalue weighted by atomic mass is 16.5. The molecule has 2 amide bonds. The van der Waals surface area contributed by atoms with Crippen LogP contribution < -0.4 is 24.8 Å². The molecule has 0 spiro atoms. The number of ether oxygens (including phenoxy) is 3. The van der Waals surface area contributed by atoms with E-state index in [4.69, 9.17) is 19.9 Å². The second-order valence-corrected chi connectivity index (χ2v) is 5.84. The fourth-order valence-corrected chi connectivity index (χ4v) is 3.21. The normalized spacial score (nSPS) is 15.3. The molecule has 1 atom stereocenters. The first-order chi connectivity index (χ1) is 12.5. The number of para-hydroxylation sites is 1. The van der Waals surface area contributed by atoms with E-state index in [1.54, 1.807) is 18.2 Å². The Balaban J connectivity index is 2.09. The van der Waals surface area contributed by atoms with Gasteiger partial charge in [0.25, 0.3) is 5.91 Å². The average molecular weight is 356 g/mol. The van der Waals surface area contributed by atoms with Crippen molar-refractivity contribution in [3.05, 3.63) is 47.5 Å². The lowest BCUT2D eigenvalue weighted by Crippen LogP contribution is -2.46. The van der Waals surface area contributed by atoms with E-state index >= 15 is 0 Å². The zero-order chi connectivity index (χ0) is 18.8. The van der Waals surface area contributed by atoms with Crippen molar-refractivity contribution in [2.45, 2.75) is 12.5 Å². The number of hydrogen-bond acceptors (Lipinski definition) is 5. The monoisotopic (exact) mass is 356 g/mol. The van der Waals surface area contributed by atoms with Gasteiger partial charge in [-0.3, -0.25) is 14.5 Å². The molecule has 0 saturated heterocycles. The number of nitrogens with zero attached hydrogens (tertiary/aromatic N) is 1. The predicted octanol–water partition coefficient (Wildman–Crippen LogP) is 1.77. The lowest BCUT2D eigenvalue weighted by Gasteiger charge is -2.24. The molecule has 2 aromatic carbocycles. The third-order valence-electron chi connectivity index (χ3n) is 4.43. The molecule has 1 aliphatic rings. The number of amides is 2. The van der Waals surface area contributed by atoms with Crippen molar-refractivity contribution in [2.24, 2.45) is 5.73 Å². The minimum atomic E-state index is -0.737. The molecule has 0 aromatic heterocycles. The second-order valence-electron chi connectivity index (χ2n) is 5.84. The average Bonchev–Trinajstić information content (AvgIpc) is 3.06. The number of primary amides is 1. The number of fused-ring (bicyclic) bond motifs is 1. The van der Waals surface area contributed by atoms with Crippen LogP contribution in [0.2, 0.25) is 0 Å². The summed E-state index contributed by atoms with van der Waals surface area (Å²) in [6, 6.07) is 9.74. The zero-order valence-corrected chi connectivity index (χ0v) is 14.8. The molecule has 1 heterocycles. The topological polar surface area (TPSA) is 91.1 Å². The van der Waals surface area contributed by atoms with E-state index in [9.17, 15) is 9.59 Å². The Bertz CT molecular complexity index is 840. The number of carbonyl (C=O) groups is 2. The minimum Gasteiger partial charge on any atom is -0.493 e. The Labute approximate surface area is 151 Å². The van der Waals surface area contributed by atoms with Gasteiger partial charge in [0.05, 0.1) is 21.3 Å². The lowest BCUT2D eigenvalue weighted by molar-refractivity contribution is -0.119. The fraction of sp³-hybridized carbons (Fsp3) is 0.263. The van der Waals surface area contributed by atoms with Gasteiger partial charge in [0.1, 0.15) is 6.04 Å². The summed E-state index contributed by atoms with van der Waals surface area (Å²) in [4.78, 5) is 26.6. The van der Waals surface area contributed by atoms with Crippen LogP contribution in [-0.2, 0) is 11.2 Å². The first-order valence-electron chi connectivity index (χ1n) is 8.02. The van der Waals surface area contributed by atoms with E-state index in [1.165, 1.54) is 26.2 Å². The van der Waals surface area contributed by atoms with Crippen LogP contribution in [0.25, 0.3) is 0 Å². The van der Waals surface area contributed by atoms with Crippen molar-refractivity contribution in [1.82, 2.24) is 0 Å². The van der Waals surface area contributed by atoms with Gasteiger partial charge >= 0.3 is 0 Å². The molecule has 0 radical (unpaired) electrons. The van der Waals surface area contributed by atoms with Gasteiger partial charge in [0.15, 0.2) is 11.5 Å². The molecule has 0 aliphatic carbocycles. The molecule has 7 nitrogen and oxygen atoms in total. The molecule has 136 valence electrons. The number of carbonyl (C=O) groups excluding carboxylic acids is 2. The summed E-state index contributed by atoms with van der Waals surface area (Å²) < 4.78 is 15.9. The van der Waals surface area contributed by atoms with Crippen molar-refractivity contribution in [3.63, 3.8) is 0 Å². The van der Waals surface area contributed by atoms with Crippen LogP contribution in [0.4, 0.5) is 5.69 Å². The van der Waals surface area contributed by atoms with Crippen LogP contribution in [-0.4, -0.2) is 39.2 Å². The van der Waals surface area contributed by atoms with E-state index in [0.29, 0.717) is 34.9 Å². The first kappa shape index (κ1) is 17.6. The molecule has 0 saturated carbocycles. The van der Waals surface area contributed by atoms with Crippen LogP contribution in [0.1, 0.15) is 15.9 Å². The number of methoxy groups -OCH3 is 3. The summed E-state index contributed by atoms with van der Waals surface area (Å²) in [6.07, 6.45) is 0.391. The fourth-order valence-electron chi connectivity index (χ4n) is 3.21. The molecule has 1 unspecified atom stereocenters. The van der Waals surface area contributed by atoms with Crippen molar-refractivity contribution >= 4 is 17.5 Å². The van der Waals surface area contributed by atoms with Gasteiger partial charge < -0.3 is 19.9 Å². The van der Waals surface area contributed by atoms with Gasteiger partial charge in [0, 0.05) is 17.7 Å². The number of nitrogens with two attached hydrogens (primary N) is 1. The maximum absolute atomic E-state index is 13.2. The summed E-state index contributed by atoms with van der Waals surface area (Å²) in [5.41, 5.74) is 7.42. The molecule has 2 aromatic rings. The Morgan fingerprint density at radius 2 is 1.65 bits per heavy atom. The highest BCUT2D eigenvalue weighted by Crippen LogP contribution is 2.40. The van der Waals surface area contributed by atoms with Gasteiger partial charge in [-0.25, -0.2) is 0 Å². The van der Waals surface area contributed by atoms with E-state index < -0.39 is 11.9 Å². The Hall–Kier alpha value is -3.22. The standard InChI is InChI=1S/C19H20N2O5/c1-24-15-9-12(10-16(25-2)17(15)26-3)19(23)21-13-7-5-4-6-11(13)8-14(21)18(20)22/h4-7,9-10,14H,8H2,1-3H3,(H2,20,22). The lowest BCUT2D eigenvalue weighted by atomic mass is 10.1. The van der Waals surface area contributed by atoms with Crippen LogP contribution in [0, 0.1) is 0 Å². The number of benzene rings is 2. The van der Waals surface area contributed by atoms with Crippen LogP contribution in [0.15, 0.2) is 36.4 Å². The van der Waals surface area contributed by atoms with Gasteiger partial charge in [-0.05, 0) is 23.8 Å². The highest BCUT2D eigenvalue weighted by molar-refractivity contribution is 6.12. The molecule has 0 bridgehead atoms. The molecule has 26 heavy (non-hydrogen) atoms. The Morgan fingerprint density at radius 3 is 2.19 bits per heavy atom. The third-order valence-corrected chi connectivity index (χ3v) is 4.43. The predicted molar refractivity (Wildman–Crippen MR) is 96.0 cm³/mol. The van der Waals surface area contributed by atoms with Crippen LogP contribution >= 0.6 is 0 Å². The summed E-state index contributed by atoms with van der Waals surface area (Å²) in [7, 11) is 4.44. The number of anilines is 1. The quantitative estimate of drug-likeness (QED) is 0.882. The highest BCUT2D eigenvalue weighted by Gasteiger charge is 2.38. The molecule has 0 fully saturated rings. The largest absolute Gasteiger partial charge is 0.493 e.